The Morgan fingerprint density at radius 1 is 1.25 bits per heavy atom. The molecule has 0 aliphatic heterocycles. The fraction of sp³-hybridized carbons (Fsp3) is 0.250. The summed E-state index contributed by atoms with van der Waals surface area (Å²) in [6, 6.07) is 12.7. The number of hydrogen-bond acceptors (Lipinski definition) is 2. The Hall–Kier alpha value is -1.39. The van der Waals surface area contributed by atoms with Crippen LogP contribution in [0.4, 0.5) is 10.1 Å². The molecule has 1 atom stereocenters. The Bertz CT molecular complexity index is 599. The van der Waals surface area contributed by atoms with Crippen molar-refractivity contribution in [3.63, 3.8) is 0 Å². The second-order valence-electron chi connectivity index (χ2n) is 4.98. The quantitative estimate of drug-likeness (QED) is 0.904. The fourth-order valence-corrected chi connectivity index (χ4v) is 2.85. The minimum Gasteiger partial charge on any atom is -0.370 e. The second-order valence-corrected chi connectivity index (χ2v) is 5.83. The van der Waals surface area contributed by atoms with Crippen molar-refractivity contribution in [3.8, 4) is 0 Å². The van der Waals surface area contributed by atoms with Gasteiger partial charge in [0.05, 0.1) is 0 Å². The van der Waals surface area contributed by atoms with Crippen LogP contribution in [-0.4, -0.2) is 7.05 Å². The molecule has 2 rings (SSSR count). The number of rotatable bonds is 4. The minimum absolute atomic E-state index is 0.00745. The van der Waals surface area contributed by atoms with Crippen LogP contribution in [0.25, 0.3) is 0 Å². The van der Waals surface area contributed by atoms with Crippen LogP contribution in [0.3, 0.4) is 0 Å². The maximum absolute atomic E-state index is 13.2. The molecule has 0 aliphatic rings. The third-order valence-corrected chi connectivity index (χ3v) is 3.91. The van der Waals surface area contributed by atoms with E-state index in [4.69, 9.17) is 5.73 Å². The lowest BCUT2D eigenvalue weighted by molar-refractivity contribution is 0.625. The predicted octanol–water partition coefficient (Wildman–Crippen LogP) is 4.24. The molecule has 0 aromatic heterocycles. The molecular formula is C16H18BrFN2. The van der Waals surface area contributed by atoms with Crippen LogP contribution in [-0.2, 0) is 6.54 Å². The zero-order chi connectivity index (χ0) is 14.7. The molecule has 4 heteroatoms. The van der Waals surface area contributed by atoms with Crippen molar-refractivity contribution in [2.24, 2.45) is 5.73 Å². The van der Waals surface area contributed by atoms with E-state index in [-0.39, 0.29) is 11.9 Å². The topological polar surface area (TPSA) is 29.3 Å². The summed E-state index contributed by atoms with van der Waals surface area (Å²) in [6.07, 6.45) is 0. The van der Waals surface area contributed by atoms with Crippen LogP contribution in [0.5, 0.6) is 0 Å². The first-order valence-corrected chi connectivity index (χ1v) is 7.27. The molecule has 2 N–H and O–H groups in total. The molecule has 106 valence electrons. The molecule has 0 amide bonds. The van der Waals surface area contributed by atoms with Crippen molar-refractivity contribution in [3.05, 3.63) is 63.9 Å². The second kappa shape index (κ2) is 6.37. The zero-order valence-corrected chi connectivity index (χ0v) is 13.2. The average Bonchev–Trinajstić information content (AvgIpc) is 2.38. The first-order chi connectivity index (χ1) is 9.47. The first-order valence-electron chi connectivity index (χ1n) is 6.48. The third kappa shape index (κ3) is 3.58. The number of hydrogen-bond donors (Lipinski definition) is 1. The summed E-state index contributed by atoms with van der Waals surface area (Å²) in [5.41, 5.74) is 8.98. The zero-order valence-electron chi connectivity index (χ0n) is 11.6. The normalized spacial score (nSPS) is 12.2. The molecular weight excluding hydrogens is 319 g/mol. The van der Waals surface area contributed by atoms with Gasteiger partial charge in [0.15, 0.2) is 0 Å². The molecule has 2 aromatic rings. The van der Waals surface area contributed by atoms with Crippen molar-refractivity contribution in [1.82, 2.24) is 0 Å². The van der Waals surface area contributed by atoms with Crippen molar-refractivity contribution >= 4 is 21.6 Å². The van der Waals surface area contributed by atoms with Crippen molar-refractivity contribution in [1.29, 1.82) is 0 Å². The molecule has 2 aromatic carbocycles. The number of nitrogens with zero attached hydrogens (tertiary/aromatic N) is 1. The van der Waals surface area contributed by atoms with Gasteiger partial charge in [0, 0.05) is 29.8 Å². The van der Waals surface area contributed by atoms with Crippen molar-refractivity contribution in [2.75, 3.05) is 11.9 Å². The third-order valence-electron chi connectivity index (χ3n) is 3.22. The molecule has 0 bridgehead atoms. The van der Waals surface area contributed by atoms with Gasteiger partial charge in [-0.3, -0.25) is 0 Å². The van der Waals surface area contributed by atoms with Gasteiger partial charge in [-0.25, -0.2) is 4.39 Å². The Morgan fingerprint density at radius 3 is 2.60 bits per heavy atom. The molecule has 0 saturated heterocycles. The first kappa shape index (κ1) is 15.0. The molecule has 20 heavy (non-hydrogen) atoms. The van der Waals surface area contributed by atoms with E-state index in [1.54, 1.807) is 12.1 Å². The lowest BCUT2D eigenvalue weighted by Crippen LogP contribution is -2.17. The van der Waals surface area contributed by atoms with Gasteiger partial charge < -0.3 is 10.6 Å². The predicted molar refractivity (Wildman–Crippen MR) is 85.3 cm³/mol. The molecule has 0 radical (unpaired) electrons. The Labute approximate surface area is 127 Å². The van der Waals surface area contributed by atoms with Gasteiger partial charge in [0.25, 0.3) is 0 Å². The van der Waals surface area contributed by atoms with Crippen LogP contribution in [0.2, 0.25) is 0 Å². The molecule has 0 heterocycles. The maximum atomic E-state index is 13.2. The average molecular weight is 337 g/mol. The minimum atomic E-state index is -0.204. The summed E-state index contributed by atoms with van der Waals surface area (Å²) in [6.45, 7) is 2.61. The summed E-state index contributed by atoms with van der Waals surface area (Å²) in [7, 11) is 1.98. The SMILES string of the molecule is C[C@H](N)c1ccc(N(C)Cc2cccc(F)c2)cc1Br. The van der Waals surface area contributed by atoms with Gasteiger partial charge in [-0.15, -0.1) is 0 Å². The van der Waals surface area contributed by atoms with Crippen LogP contribution >= 0.6 is 15.9 Å². The van der Waals surface area contributed by atoms with Crippen LogP contribution in [0.15, 0.2) is 46.9 Å². The lowest BCUT2D eigenvalue weighted by Gasteiger charge is -2.21. The molecule has 0 unspecified atom stereocenters. The monoisotopic (exact) mass is 336 g/mol. The van der Waals surface area contributed by atoms with Crippen molar-refractivity contribution < 1.29 is 4.39 Å². The fourth-order valence-electron chi connectivity index (χ4n) is 2.12. The Kier molecular flexibility index (Phi) is 4.78. The van der Waals surface area contributed by atoms with Gasteiger partial charge in [-0.2, -0.15) is 0 Å². The van der Waals surface area contributed by atoms with Crippen LogP contribution < -0.4 is 10.6 Å². The summed E-state index contributed by atoms with van der Waals surface area (Å²) in [4.78, 5) is 2.07. The van der Waals surface area contributed by atoms with Crippen LogP contribution in [0, 0.1) is 5.82 Å². The Balaban J connectivity index is 2.17. The molecule has 0 fully saturated rings. The maximum Gasteiger partial charge on any atom is 0.123 e. The van der Waals surface area contributed by atoms with E-state index in [2.05, 4.69) is 20.8 Å². The van der Waals surface area contributed by atoms with E-state index in [9.17, 15) is 4.39 Å². The van der Waals surface area contributed by atoms with E-state index < -0.39 is 0 Å². The van der Waals surface area contributed by atoms with Gasteiger partial charge in [-0.1, -0.05) is 34.1 Å². The highest BCUT2D eigenvalue weighted by Gasteiger charge is 2.08. The number of benzene rings is 2. The van der Waals surface area contributed by atoms with E-state index >= 15 is 0 Å². The summed E-state index contributed by atoms with van der Waals surface area (Å²) < 4.78 is 14.2. The molecule has 0 spiro atoms. The smallest absolute Gasteiger partial charge is 0.123 e. The van der Waals surface area contributed by atoms with E-state index in [0.717, 1.165) is 21.3 Å². The lowest BCUT2D eigenvalue weighted by atomic mass is 10.1. The number of nitrogens with two attached hydrogens (primary N) is 1. The highest BCUT2D eigenvalue weighted by molar-refractivity contribution is 9.10. The summed E-state index contributed by atoms with van der Waals surface area (Å²) in [5, 5.41) is 0. The van der Waals surface area contributed by atoms with Gasteiger partial charge in [0.1, 0.15) is 5.82 Å². The number of halogens is 2. The number of anilines is 1. The Morgan fingerprint density at radius 2 is 2.00 bits per heavy atom. The summed E-state index contributed by atoms with van der Waals surface area (Å²) >= 11 is 3.55. The van der Waals surface area contributed by atoms with E-state index in [1.807, 2.05) is 38.2 Å². The molecule has 2 nitrogen and oxygen atoms in total. The highest BCUT2D eigenvalue weighted by Crippen LogP contribution is 2.27. The largest absolute Gasteiger partial charge is 0.370 e. The standard InChI is InChI=1S/C16H18BrFN2/c1-11(19)15-7-6-14(9-16(15)17)20(2)10-12-4-3-5-13(18)8-12/h3-9,11H,10,19H2,1-2H3/t11-/m0/s1. The van der Waals surface area contributed by atoms with Crippen LogP contribution in [0.1, 0.15) is 24.1 Å². The molecule has 0 aliphatic carbocycles. The summed E-state index contributed by atoms with van der Waals surface area (Å²) in [5.74, 6) is -0.204. The van der Waals surface area contributed by atoms with Gasteiger partial charge >= 0.3 is 0 Å². The van der Waals surface area contributed by atoms with Crippen molar-refractivity contribution in [2.45, 2.75) is 19.5 Å². The van der Waals surface area contributed by atoms with Gasteiger partial charge in [-0.05, 0) is 42.3 Å². The highest BCUT2D eigenvalue weighted by atomic mass is 79.9. The van der Waals surface area contributed by atoms with E-state index in [0.29, 0.717) is 6.54 Å². The van der Waals surface area contributed by atoms with Gasteiger partial charge in [0.2, 0.25) is 0 Å². The molecule has 0 saturated carbocycles. The van der Waals surface area contributed by atoms with E-state index in [1.165, 1.54) is 6.07 Å².